The Morgan fingerprint density at radius 3 is 1.49 bits per heavy atom. The van der Waals surface area contributed by atoms with Crippen LogP contribution in [0.25, 0.3) is 0 Å². The first-order valence-electron chi connectivity index (χ1n) is 9.42. The molecule has 1 aromatic rings. The number of amides is 1. The van der Waals surface area contributed by atoms with Crippen molar-refractivity contribution in [2.45, 2.75) is 73.3 Å². The van der Waals surface area contributed by atoms with Crippen LogP contribution in [0.2, 0.25) is 0 Å². The van der Waals surface area contributed by atoms with E-state index >= 15 is 0 Å². The van der Waals surface area contributed by atoms with Gasteiger partial charge >= 0.3 is 77.2 Å². The van der Waals surface area contributed by atoms with E-state index < -0.39 is 66.5 Å². The first kappa shape index (κ1) is 37.4. The van der Waals surface area contributed by atoms with Crippen molar-refractivity contribution >= 4 is 5.91 Å². The number of hydrogen-bond donors (Lipinski definition) is 1. The summed E-state index contributed by atoms with van der Waals surface area (Å²) in [5.41, 5.74) is 0. The molecule has 0 radical (unpaired) electrons. The Morgan fingerprint density at radius 1 is 0.641 bits per heavy atom. The Bertz CT molecular complexity index is 951. The van der Waals surface area contributed by atoms with Gasteiger partial charge < -0.3 is 10.4 Å². The Morgan fingerprint density at radius 2 is 1.08 bits per heavy atom. The van der Waals surface area contributed by atoms with E-state index in [9.17, 15) is 79.4 Å². The third-order valence-electron chi connectivity index (χ3n) is 4.73. The molecular weight excluding hydrogens is 612 g/mol. The van der Waals surface area contributed by atoms with E-state index in [4.69, 9.17) is 0 Å². The molecule has 0 aliphatic heterocycles. The van der Waals surface area contributed by atoms with E-state index in [1.165, 1.54) is 0 Å². The number of hydrogen-bond acceptors (Lipinski definition) is 4. The molecule has 0 saturated carbocycles. The third-order valence-corrected chi connectivity index (χ3v) is 4.73. The summed E-state index contributed by atoms with van der Waals surface area (Å²) in [4.78, 5) is 11.3. The van der Waals surface area contributed by atoms with Crippen molar-refractivity contribution in [3.63, 3.8) is 0 Å². The van der Waals surface area contributed by atoms with Crippen LogP contribution < -0.4 is 40.1 Å². The number of halogens is 17. The predicted octanol–water partition coefficient (Wildman–Crippen LogP) is 1.67. The smallest absolute Gasteiger partial charge is 0.351 e. The third kappa shape index (κ3) is 6.17. The summed E-state index contributed by atoms with van der Waals surface area (Å²) in [6, 6.07) is 0. The van der Waals surface area contributed by atoms with Crippen LogP contribution in [0, 0.1) is 0 Å². The normalized spacial score (nSPS) is 14.7. The Kier molecular flexibility index (Phi) is 11.2. The van der Waals surface area contributed by atoms with Gasteiger partial charge in [0.05, 0.1) is 0 Å². The van der Waals surface area contributed by atoms with Crippen LogP contribution >= 0.6 is 0 Å². The number of nitrogens with one attached hydrogen (secondary N) is 1. The molecule has 6 nitrogen and oxygen atoms in total. The van der Waals surface area contributed by atoms with Gasteiger partial charge in [-0.1, -0.05) is 6.42 Å². The second kappa shape index (κ2) is 11.7. The Labute approximate surface area is 226 Å². The summed E-state index contributed by atoms with van der Waals surface area (Å²) in [5.74, 6) is -61.4. The van der Waals surface area contributed by atoms with Crippen LogP contribution in [-0.2, 0) is 11.2 Å². The molecule has 0 saturated heterocycles. The van der Waals surface area contributed by atoms with Gasteiger partial charge in [0.25, 0.3) is 5.91 Å². The largest absolute Gasteiger partial charge is 1.00 e. The Balaban J connectivity index is 0.0000144. The molecule has 0 aliphatic carbocycles. The minimum Gasteiger partial charge on any atom is -0.351 e. The number of alkyl halides is 17. The van der Waals surface area contributed by atoms with Crippen LogP contribution in [0.3, 0.4) is 0 Å². The predicted molar refractivity (Wildman–Crippen MR) is 84.4 cm³/mol. The summed E-state index contributed by atoms with van der Waals surface area (Å²) in [7, 11) is 0. The molecule has 24 heteroatoms. The number of aryl methyl sites for hydroxylation is 1. The molecule has 0 bridgehead atoms. The van der Waals surface area contributed by atoms with Gasteiger partial charge in [-0.25, -0.2) is 0 Å². The van der Waals surface area contributed by atoms with Gasteiger partial charge in [0.1, 0.15) is 0 Å². The molecule has 0 aliphatic rings. The van der Waals surface area contributed by atoms with Gasteiger partial charge in [0.15, 0.2) is 0 Å². The molecule has 39 heavy (non-hydrogen) atoms. The molecule has 1 rings (SSSR count). The van der Waals surface area contributed by atoms with Crippen LogP contribution in [0.15, 0.2) is 0 Å². The maximum absolute atomic E-state index is 13.7. The van der Waals surface area contributed by atoms with E-state index in [1.807, 2.05) is 0 Å². The number of tetrazole rings is 1. The fourth-order valence-corrected chi connectivity index (χ4v) is 2.47. The second-order valence-corrected chi connectivity index (χ2v) is 7.38. The molecule has 1 amide bonds. The van der Waals surface area contributed by atoms with Crippen LogP contribution in [0.5, 0.6) is 0 Å². The van der Waals surface area contributed by atoms with E-state index in [1.54, 1.807) is 0 Å². The number of rotatable bonds is 13. The van der Waals surface area contributed by atoms with Crippen molar-refractivity contribution in [1.29, 1.82) is 0 Å². The SMILES string of the molecule is O=C(NCCCCCc1nn[n-]n1)C(F)(F)C(F)(F)C(F)(F)C(F)(F)C(F)(F)C(F)(F)C(F)(F)C(F)(F)F.[Na+]. The molecule has 1 aromatic heterocycles. The zero-order chi connectivity index (χ0) is 30.2. The molecule has 1 N–H and O–H groups in total. The van der Waals surface area contributed by atoms with E-state index in [0.29, 0.717) is 0 Å². The van der Waals surface area contributed by atoms with Crippen LogP contribution in [0.1, 0.15) is 25.1 Å². The minimum atomic E-state index is -8.74. The maximum Gasteiger partial charge on any atom is 1.00 e. The summed E-state index contributed by atoms with van der Waals surface area (Å²) in [6.07, 6.45) is -8.08. The summed E-state index contributed by atoms with van der Waals surface area (Å²) >= 11 is 0. The monoisotopic (exact) mass is 623 g/mol. The van der Waals surface area contributed by atoms with Crippen molar-refractivity contribution in [3.05, 3.63) is 5.82 Å². The number of aromatic nitrogens is 4. The number of unbranched alkanes of at least 4 members (excludes halogenated alkanes) is 2. The average molecular weight is 623 g/mol. The van der Waals surface area contributed by atoms with Gasteiger partial charge in [0.2, 0.25) is 0 Å². The standard InChI is InChI=1S/C15H12F17N5O.Na/c16-8(17,7(38)33-5-3-1-2-4-6-34-36-37-35-6)9(18,19)10(20,21)11(22,23)12(24,25)13(26,27)14(28,29)15(30,31)32;/h1-5H2,(H2,33,34,35,36,37,38);/q;+1/p-1. The topological polar surface area (TPSA) is 81.9 Å². The zero-order valence-electron chi connectivity index (χ0n) is 18.7. The van der Waals surface area contributed by atoms with Crippen molar-refractivity contribution < 1.29 is 109 Å². The van der Waals surface area contributed by atoms with E-state index in [-0.39, 0.29) is 54.6 Å². The van der Waals surface area contributed by atoms with E-state index in [2.05, 4.69) is 20.6 Å². The van der Waals surface area contributed by atoms with Gasteiger partial charge in [-0.15, -0.1) is 0 Å². The van der Waals surface area contributed by atoms with Crippen molar-refractivity contribution in [1.82, 2.24) is 25.9 Å². The van der Waals surface area contributed by atoms with Gasteiger partial charge in [-0.05, 0) is 19.3 Å². The van der Waals surface area contributed by atoms with Crippen LogP contribution in [0.4, 0.5) is 74.6 Å². The fraction of sp³-hybridized carbons (Fsp3) is 0.867. The maximum atomic E-state index is 13.7. The minimum absolute atomic E-state index is 0. The second-order valence-electron chi connectivity index (χ2n) is 7.38. The molecule has 1 heterocycles. The molecule has 0 fully saturated rings. The van der Waals surface area contributed by atoms with Gasteiger partial charge in [-0.3, -0.25) is 20.3 Å². The molecular formula is C15H11F17N5NaO. The first-order chi connectivity index (χ1) is 16.7. The van der Waals surface area contributed by atoms with Crippen molar-refractivity contribution in [2.75, 3.05) is 6.54 Å². The zero-order valence-corrected chi connectivity index (χ0v) is 20.7. The molecule has 0 atom stereocenters. The van der Waals surface area contributed by atoms with Crippen molar-refractivity contribution in [2.24, 2.45) is 0 Å². The first-order valence-corrected chi connectivity index (χ1v) is 9.42. The summed E-state index contributed by atoms with van der Waals surface area (Å²) in [5, 5.41) is 13.8. The number of carbonyl (C=O) groups excluding carboxylic acids is 1. The quantitative estimate of drug-likeness (QED) is 0.206. The van der Waals surface area contributed by atoms with Gasteiger partial charge in [-0.2, -0.15) is 74.6 Å². The molecule has 0 spiro atoms. The summed E-state index contributed by atoms with van der Waals surface area (Å²) < 4.78 is 224. The number of carbonyl (C=O) groups is 1. The number of nitrogens with zero attached hydrogens (tertiary/aromatic N) is 4. The van der Waals surface area contributed by atoms with Crippen LogP contribution in [-0.4, -0.2) is 75.5 Å². The fourth-order valence-electron chi connectivity index (χ4n) is 2.47. The van der Waals surface area contributed by atoms with Gasteiger partial charge in [0, 0.05) is 12.4 Å². The average Bonchev–Trinajstić information content (AvgIpc) is 3.27. The summed E-state index contributed by atoms with van der Waals surface area (Å²) in [6.45, 7) is -1.06. The molecule has 0 aromatic carbocycles. The van der Waals surface area contributed by atoms with Crippen molar-refractivity contribution in [3.8, 4) is 0 Å². The Hall–Kier alpha value is -1.65. The van der Waals surface area contributed by atoms with E-state index in [0.717, 1.165) is 5.32 Å². The molecule has 222 valence electrons. The molecule has 0 unspecified atom stereocenters.